The number of hydrogen-bond acceptors (Lipinski definition) is 3. The van der Waals surface area contributed by atoms with E-state index in [4.69, 9.17) is 4.74 Å². The fourth-order valence-corrected chi connectivity index (χ4v) is 4.58. The summed E-state index contributed by atoms with van der Waals surface area (Å²) in [6, 6.07) is 12.0. The molecule has 1 heterocycles. The number of fused-ring (bicyclic) bond motifs is 3. The highest BCUT2D eigenvalue weighted by Gasteiger charge is 2.38. The first-order valence-corrected chi connectivity index (χ1v) is 9.57. The number of carbonyl (C=O) groups is 1. The number of halogens is 2. The van der Waals surface area contributed by atoms with Crippen molar-refractivity contribution in [1.29, 1.82) is 0 Å². The van der Waals surface area contributed by atoms with E-state index >= 15 is 0 Å². The second-order valence-corrected chi connectivity index (χ2v) is 7.46. The first-order valence-electron chi connectivity index (χ1n) is 9.57. The molecule has 0 spiro atoms. The molecule has 4 nitrogen and oxygen atoms in total. The molecule has 2 atom stereocenters. The van der Waals surface area contributed by atoms with Crippen molar-refractivity contribution in [3.05, 3.63) is 65.0 Å². The van der Waals surface area contributed by atoms with Crippen LogP contribution in [0.2, 0.25) is 0 Å². The zero-order chi connectivity index (χ0) is 18.8. The Labute approximate surface area is 171 Å². The first kappa shape index (κ1) is 20.6. The highest BCUT2D eigenvalue weighted by molar-refractivity contribution is 5.94. The maximum Gasteiger partial charge on any atom is 0.251 e. The second kappa shape index (κ2) is 8.93. The smallest absolute Gasteiger partial charge is 0.251 e. The predicted octanol–water partition coefficient (Wildman–Crippen LogP) is 3.65. The zero-order valence-corrected chi connectivity index (χ0v) is 16.8. The molecular formula is C22H26ClFN2O2. The third-order valence-electron chi connectivity index (χ3n) is 5.87. The molecule has 0 unspecified atom stereocenters. The second-order valence-electron chi connectivity index (χ2n) is 7.46. The van der Waals surface area contributed by atoms with Gasteiger partial charge in [-0.3, -0.25) is 4.79 Å². The lowest BCUT2D eigenvalue weighted by atomic mass is 9.85. The highest BCUT2D eigenvalue weighted by atomic mass is 35.5. The zero-order valence-electron chi connectivity index (χ0n) is 16.0. The minimum atomic E-state index is -0.330. The van der Waals surface area contributed by atoms with E-state index in [1.165, 1.54) is 35.4 Å². The van der Waals surface area contributed by atoms with Crippen LogP contribution in [0.1, 0.15) is 33.8 Å². The van der Waals surface area contributed by atoms with E-state index in [0.29, 0.717) is 23.9 Å². The fraction of sp³-hybridized carbons (Fsp3) is 0.409. The topological polar surface area (TPSA) is 41.6 Å². The van der Waals surface area contributed by atoms with Crippen LogP contribution < -0.4 is 10.1 Å². The Morgan fingerprint density at radius 3 is 2.79 bits per heavy atom. The van der Waals surface area contributed by atoms with Gasteiger partial charge in [0.1, 0.15) is 11.6 Å². The largest absolute Gasteiger partial charge is 0.496 e. The molecule has 1 aliphatic carbocycles. The van der Waals surface area contributed by atoms with Crippen LogP contribution in [0.4, 0.5) is 4.39 Å². The fourth-order valence-electron chi connectivity index (χ4n) is 4.58. The molecule has 2 aromatic rings. The SMILES string of the molecule is COc1cccc2c1[C@H]1CCN(CCNC(=O)c3ccc(F)cc3)C[C@@H]1C2.Cl. The van der Waals surface area contributed by atoms with Gasteiger partial charge in [-0.05, 0) is 67.1 Å². The predicted molar refractivity (Wildman–Crippen MR) is 110 cm³/mol. The molecule has 150 valence electrons. The molecule has 6 heteroatoms. The molecule has 0 saturated carbocycles. The van der Waals surface area contributed by atoms with Gasteiger partial charge >= 0.3 is 0 Å². The molecule has 4 rings (SSSR count). The molecule has 1 aliphatic heterocycles. The van der Waals surface area contributed by atoms with Crippen molar-refractivity contribution >= 4 is 18.3 Å². The number of ether oxygens (including phenoxy) is 1. The molecule has 0 radical (unpaired) electrons. The van der Waals surface area contributed by atoms with Gasteiger partial charge < -0.3 is 15.0 Å². The summed E-state index contributed by atoms with van der Waals surface area (Å²) in [6.45, 7) is 3.52. The molecule has 1 N–H and O–H groups in total. The van der Waals surface area contributed by atoms with Crippen molar-refractivity contribution in [1.82, 2.24) is 10.2 Å². The Bertz CT molecular complexity index is 828. The Balaban J connectivity index is 0.00000225. The summed E-state index contributed by atoms with van der Waals surface area (Å²) in [6.07, 6.45) is 2.24. The molecule has 1 saturated heterocycles. The quantitative estimate of drug-likeness (QED) is 0.827. The number of carbonyl (C=O) groups excluding carboxylic acids is 1. The third-order valence-corrected chi connectivity index (χ3v) is 5.87. The summed E-state index contributed by atoms with van der Waals surface area (Å²) in [5, 5.41) is 2.94. The minimum Gasteiger partial charge on any atom is -0.496 e. The highest BCUT2D eigenvalue weighted by Crippen LogP contribution is 2.46. The van der Waals surface area contributed by atoms with Crippen LogP contribution >= 0.6 is 12.4 Å². The van der Waals surface area contributed by atoms with Crippen molar-refractivity contribution < 1.29 is 13.9 Å². The van der Waals surface area contributed by atoms with Gasteiger partial charge in [0.2, 0.25) is 0 Å². The normalized spacial score (nSPS) is 20.6. The van der Waals surface area contributed by atoms with Gasteiger partial charge in [0.15, 0.2) is 0 Å². The molecular weight excluding hydrogens is 379 g/mol. The Morgan fingerprint density at radius 2 is 2.04 bits per heavy atom. The number of hydrogen-bond donors (Lipinski definition) is 1. The summed E-state index contributed by atoms with van der Waals surface area (Å²) in [5.41, 5.74) is 3.33. The van der Waals surface area contributed by atoms with E-state index in [1.807, 2.05) is 0 Å². The average molecular weight is 405 g/mol. The van der Waals surface area contributed by atoms with Gasteiger partial charge in [-0.1, -0.05) is 12.1 Å². The number of rotatable bonds is 5. The summed E-state index contributed by atoms with van der Waals surface area (Å²) < 4.78 is 18.5. The molecule has 0 bridgehead atoms. The number of nitrogens with zero attached hydrogens (tertiary/aromatic N) is 1. The number of benzene rings is 2. The van der Waals surface area contributed by atoms with Gasteiger partial charge in [0.05, 0.1) is 7.11 Å². The average Bonchev–Trinajstić information content (AvgIpc) is 3.06. The molecule has 2 aliphatic rings. The van der Waals surface area contributed by atoms with Gasteiger partial charge in [-0.2, -0.15) is 0 Å². The van der Waals surface area contributed by atoms with E-state index < -0.39 is 0 Å². The molecule has 0 aromatic heterocycles. The lowest BCUT2D eigenvalue weighted by molar-refractivity contribution is 0.0941. The molecule has 28 heavy (non-hydrogen) atoms. The van der Waals surface area contributed by atoms with Crippen molar-refractivity contribution in [3.8, 4) is 5.75 Å². The Hall–Kier alpha value is -2.11. The maximum absolute atomic E-state index is 13.0. The monoisotopic (exact) mass is 404 g/mol. The summed E-state index contributed by atoms with van der Waals surface area (Å²) in [5.74, 6) is 1.76. The van der Waals surface area contributed by atoms with Crippen LogP contribution in [0.15, 0.2) is 42.5 Å². The van der Waals surface area contributed by atoms with Crippen molar-refractivity contribution in [2.45, 2.75) is 18.8 Å². The number of nitrogens with one attached hydrogen (secondary N) is 1. The van der Waals surface area contributed by atoms with Crippen LogP contribution in [-0.2, 0) is 6.42 Å². The van der Waals surface area contributed by atoms with Crippen LogP contribution in [-0.4, -0.2) is 44.1 Å². The van der Waals surface area contributed by atoms with E-state index in [1.54, 1.807) is 7.11 Å². The summed E-state index contributed by atoms with van der Waals surface area (Å²) in [4.78, 5) is 14.6. The molecule has 1 amide bonds. The number of piperidine rings is 1. The van der Waals surface area contributed by atoms with Crippen LogP contribution in [0.25, 0.3) is 0 Å². The van der Waals surface area contributed by atoms with Crippen LogP contribution in [0.3, 0.4) is 0 Å². The standard InChI is InChI=1S/C22H25FN2O2.ClH/c1-27-20-4-2-3-16-13-17-14-25(11-9-19(17)21(16)20)12-10-24-22(26)15-5-7-18(23)8-6-15;/h2-8,17,19H,9-14H2,1H3,(H,24,26);1H/t17-,19-;/m0./s1. The lowest BCUT2D eigenvalue weighted by Gasteiger charge is -2.35. The van der Waals surface area contributed by atoms with Crippen molar-refractivity contribution in [2.75, 3.05) is 33.3 Å². The van der Waals surface area contributed by atoms with E-state index in [9.17, 15) is 9.18 Å². The van der Waals surface area contributed by atoms with Gasteiger partial charge in [-0.15, -0.1) is 12.4 Å². The summed E-state index contributed by atoms with van der Waals surface area (Å²) >= 11 is 0. The van der Waals surface area contributed by atoms with Crippen molar-refractivity contribution in [2.24, 2.45) is 5.92 Å². The van der Waals surface area contributed by atoms with Gasteiger partial charge in [-0.25, -0.2) is 4.39 Å². The van der Waals surface area contributed by atoms with E-state index in [0.717, 1.165) is 38.2 Å². The van der Waals surface area contributed by atoms with E-state index in [-0.39, 0.29) is 24.1 Å². The number of likely N-dealkylation sites (tertiary alicyclic amines) is 1. The Morgan fingerprint density at radius 1 is 1.25 bits per heavy atom. The van der Waals surface area contributed by atoms with Crippen LogP contribution in [0.5, 0.6) is 5.75 Å². The van der Waals surface area contributed by atoms with Gasteiger partial charge in [0.25, 0.3) is 5.91 Å². The van der Waals surface area contributed by atoms with Crippen LogP contribution in [0, 0.1) is 11.7 Å². The first-order chi connectivity index (χ1) is 13.2. The maximum atomic E-state index is 13.0. The Kier molecular flexibility index (Phi) is 6.57. The summed E-state index contributed by atoms with van der Waals surface area (Å²) in [7, 11) is 1.75. The number of methoxy groups -OCH3 is 1. The van der Waals surface area contributed by atoms with Gasteiger partial charge in [0, 0.05) is 30.8 Å². The third kappa shape index (κ3) is 4.15. The lowest BCUT2D eigenvalue weighted by Crippen LogP contribution is -2.42. The van der Waals surface area contributed by atoms with Crippen molar-refractivity contribution in [3.63, 3.8) is 0 Å². The minimum absolute atomic E-state index is 0. The number of amides is 1. The van der Waals surface area contributed by atoms with E-state index in [2.05, 4.69) is 28.4 Å². The molecule has 1 fully saturated rings. The molecule has 2 aromatic carbocycles.